The van der Waals surface area contributed by atoms with E-state index in [0.29, 0.717) is 12.2 Å². The van der Waals surface area contributed by atoms with Gasteiger partial charge in [0.1, 0.15) is 12.4 Å². The van der Waals surface area contributed by atoms with E-state index >= 15 is 0 Å². The molecular weight excluding hydrogens is 316 g/mol. The normalized spacial score (nSPS) is 20.1. The second-order valence-corrected chi connectivity index (χ2v) is 7.97. The van der Waals surface area contributed by atoms with E-state index in [1.54, 1.807) is 19.9 Å². The standard InChI is InChI=1S/C20H29N2O3/c1-13-9-8-10-14(2)17(13)25-12-15(3)21-18(23)16-11-19(4,5)22(24)20(16,6)7/h8-11,15H,12H2,1-7H3,(H,21,23). The van der Waals surface area contributed by atoms with Gasteiger partial charge in [-0.25, -0.2) is 0 Å². The lowest BCUT2D eigenvalue weighted by atomic mass is 9.95. The van der Waals surface area contributed by atoms with E-state index in [9.17, 15) is 10.0 Å². The Morgan fingerprint density at radius 1 is 1.20 bits per heavy atom. The Kier molecular flexibility index (Phi) is 5.30. The first-order valence-corrected chi connectivity index (χ1v) is 8.67. The lowest BCUT2D eigenvalue weighted by Gasteiger charge is -2.33. The van der Waals surface area contributed by atoms with Crippen LogP contribution in [0.25, 0.3) is 0 Å². The van der Waals surface area contributed by atoms with Gasteiger partial charge in [0.05, 0.1) is 17.1 Å². The fraction of sp³-hybridized carbons (Fsp3) is 0.550. The zero-order chi connectivity index (χ0) is 19.0. The van der Waals surface area contributed by atoms with Gasteiger partial charge < -0.3 is 10.1 Å². The summed E-state index contributed by atoms with van der Waals surface area (Å²) in [5.41, 5.74) is 1.12. The fourth-order valence-corrected chi connectivity index (χ4v) is 3.34. The van der Waals surface area contributed by atoms with Crippen molar-refractivity contribution in [3.8, 4) is 5.75 Å². The average molecular weight is 345 g/mol. The van der Waals surface area contributed by atoms with E-state index in [0.717, 1.165) is 21.9 Å². The molecule has 0 fully saturated rings. The third-order valence-electron chi connectivity index (χ3n) is 4.70. The number of hydrogen-bond acceptors (Lipinski definition) is 3. The number of para-hydroxylation sites is 1. The third kappa shape index (κ3) is 3.88. The number of hydrogen-bond donors (Lipinski definition) is 1. The quantitative estimate of drug-likeness (QED) is 0.890. The monoisotopic (exact) mass is 345 g/mol. The smallest absolute Gasteiger partial charge is 0.249 e. The van der Waals surface area contributed by atoms with Crippen molar-refractivity contribution in [2.24, 2.45) is 0 Å². The number of carbonyl (C=O) groups is 1. The van der Waals surface area contributed by atoms with Gasteiger partial charge in [-0.2, -0.15) is 0 Å². The molecule has 0 bridgehead atoms. The first kappa shape index (κ1) is 19.5. The van der Waals surface area contributed by atoms with Crippen LogP contribution in [0.5, 0.6) is 5.75 Å². The molecule has 0 aromatic heterocycles. The molecule has 0 aliphatic carbocycles. The summed E-state index contributed by atoms with van der Waals surface area (Å²) in [6.07, 6.45) is 1.76. The number of carbonyl (C=O) groups excluding carboxylic acids is 1. The predicted molar refractivity (Wildman–Crippen MR) is 97.8 cm³/mol. The molecule has 1 atom stereocenters. The SMILES string of the molecule is Cc1cccc(C)c1OCC(C)NC(=O)C1=CC(C)(C)N([O])C1(C)C. The highest BCUT2D eigenvalue weighted by Gasteiger charge is 2.48. The molecule has 1 amide bonds. The molecular formula is C20H29N2O3. The summed E-state index contributed by atoms with van der Waals surface area (Å²) in [7, 11) is 0. The highest BCUT2D eigenvalue weighted by atomic mass is 16.5. The summed E-state index contributed by atoms with van der Waals surface area (Å²) in [5, 5.41) is 16.3. The van der Waals surface area contributed by atoms with E-state index in [1.165, 1.54) is 0 Å². The van der Waals surface area contributed by atoms with Crippen molar-refractivity contribution in [1.82, 2.24) is 10.4 Å². The van der Waals surface area contributed by atoms with Gasteiger partial charge in [-0.05, 0) is 59.6 Å². The van der Waals surface area contributed by atoms with Crippen molar-refractivity contribution in [3.63, 3.8) is 0 Å². The van der Waals surface area contributed by atoms with Crippen molar-refractivity contribution in [3.05, 3.63) is 41.0 Å². The molecule has 25 heavy (non-hydrogen) atoms. The van der Waals surface area contributed by atoms with E-state index in [1.807, 2.05) is 52.8 Å². The molecule has 1 aliphatic rings. The summed E-state index contributed by atoms with van der Waals surface area (Å²) >= 11 is 0. The van der Waals surface area contributed by atoms with Crippen LogP contribution in [-0.4, -0.2) is 34.7 Å². The Hall–Kier alpha value is -1.85. The molecule has 0 spiro atoms. The number of nitrogens with one attached hydrogen (secondary N) is 1. The number of aryl methyl sites for hydroxylation is 2. The molecule has 1 heterocycles. The first-order valence-electron chi connectivity index (χ1n) is 8.67. The Balaban J connectivity index is 2.01. The summed E-state index contributed by atoms with van der Waals surface area (Å²) in [6, 6.07) is 5.82. The maximum atomic E-state index is 12.6. The minimum Gasteiger partial charge on any atom is -0.491 e. The molecule has 0 saturated heterocycles. The highest BCUT2D eigenvalue weighted by Crippen LogP contribution is 2.38. The largest absolute Gasteiger partial charge is 0.491 e. The second-order valence-electron chi connectivity index (χ2n) is 7.97. The molecule has 5 heteroatoms. The molecule has 1 radical (unpaired) electrons. The van der Waals surface area contributed by atoms with Crippen LogP contribution in [0.4, 0.5) is 0 Å². The molecule has 0 saturated carbocycles. The molecule has 1 aliphatic heterocycles. The zero-order valence-electron chi connectivity index (χ0n) is 16.3. The molecule has 5 nitrogen and oxygen atoms in total. The molecule has 137 valence electrons. The van der Waals surface area contributed by atoms with Gasteiger partial charge >= 0.3 is 0 Å². The van der Waals surface area contributed by atoms with Gasteiger partial charge in [-0.15, -0.1) is 10.3 Å². The van der Waals surface area contributed by atoms with E-state index in [-0.39, 0.29) is 11.9 Å². The van der Waals surface area contributed by atoms with Crippen LogP contribution in [0, 0.1) is 13.8 Å². The van der Waals surface area contributed by atoms with Crippen LogP contribution in [0.3, 0.4) is 0 Å². The van der Waals surface area contributed by atoms with Crippen molar-refractivity contribution in [2.75, 3.05) is 6.61 Å². The van der Waals surface area contributed by atoms with Crippen LogP contribution in [0.1, 0.15) is 45.7 Å². The summed E-state index contributed by atoms with van der Waals surface area (Å²) in [6.45, 7) is 13.5. The van der Waals surface area contributed by atoms with Crippen molar-refractivity contribution in [2.45, 2.75) is 65.6 Å². The number of benzene rings is 1. The number of hydroxylamine groups is 2. The molecule has 1 N–H and O–H groups in total. The zero-order valence-corrected chi connectivity index (χ0v) is 16.3. The maximum absolute atomic E-state index is 12.6. The topological polar surface area (TPSA) is 61.5 Å². The lowest BCUT2D eigenvalue weighted by Crippen LogP contribution is -2.49. The van der Waals surface area contributed by atoms with Crippen LogP contribution in [-0.2, 0) is 10.0 Å². The molecule has 1 aromatic rings. The summed E-state index contributed by atoms with van der Waals surface area (Å²) in [4.78, 5) is 12.6. The van der Waals surface area contributed by atoms with Gasteiger partial charge in [-0.1, -0.05) is 24.3 Å². The fourth-order valence-electron chi connectivity index (χ4n) is 3.34. The minimum atomic E-state index is -0.846. The number of rotatable bonds is 5. The molecule has 2 rings (SSSR count). The Morgan fingerprint density at radius 2 is 1.76 bits per heavy atom. The van der Waals surface area contributed by atoms with E-state index in [4.69, 9.17) is 4.74 Å². The maximum Gasteiger partial charge on any atom is 0.249 e. The number of nitrogens with zero attached hydrogens (tertiary/aromatic N) is 1. The van der Waals surface area contributed by atoms with Gasteiger partial charge in [-0.3, -0.25) is 4.79 Å². The first-order chi connectivity index (χ1) is 11.5. The van der Waals surface area contributed by atoms with Crippen LogP contribution in [0.15, 0.2) is 29.8 Å². The predicted octanol–water partition coefficient (Wildman–Crippen LogP) is 3.33. The number of amides is 1. The third-order valence-corrected chi connectivity index (χ3v) is 4.70. The van der Waals surface area contributed by atoms with Crippen molar-refractivity contribution < 1.29 is 14.7 Å². The second kappa shape index (κ2) is 6.81. The van der Waals surface area contributed by atoms with Gasteiger partial charge in [0.2, 0.25) is 5.91 Å². The average Bonchev–Trinajstić information content (AvgIpc) is 2.66. The van der Waals surface area contributed by atoms with Crippen molar-refractivity contribution in [1.29, 1.82) is 0 Å². The lowest BCUT2D eigenvalue weighted by molar-refractivity contribution is -0.238. The van der Waals surface area contributed by atoms with Gasteiger partial charge in [0, 0.05) is 5.57 Å². The Labute approximate surface area is 150 Å². The van der Waals surface area contributed by atoms with E-state index < -0.39 is 11.1 Å². The Morgan fingerprint density at radius 3 is 2.24 bits per heavy atom. The number of ether oxygens (including phenoxy) is 1. The van der Waals surface area contributed by atoms with Crippen LogP contribution in [0.2, 0.25) is 0 Å². The van der Waals surface area contributed by atoms with Gasteiger partial charge in [0.25, 0.3) is 0 Å². The highest BCUT2D eigenvalue weighted by molar-refractivity contribution is 5.96. The molecule has 1 aromatic carbocycles. The van der Waals surface area contributed by atoms with E-state index in [2.05, 4.69) is 5.32 Å². The van der Waals surface area contributed by atoms with Crippen LogP contribution >= 0.6 is 0 Å². The molecule has 1 unspecified atom stereocenters. The summed E-state index contributed by atoms with van der Waals surface area (Å²) < 4.78 is 5.90. The van der Waals surface area contributed by atoms with Crippen molar-refractivity contribution >= 4 is 5.91 Å². The minimum absolute atomic E-state index is 0.174. The van der Waals surface area contributed by atoms with Crippen LogP contribution < -0.4 is 10.1 Å². The Bertz CT molecular complexity index is 672. The van der Waals surface area contributed by atoms with Gasteiger partial charge in [0.15, 0.2) is 0 Å². The summed E-state index contributed by atoms with van der Waals surface area (Å²) in [5.74, 6) is 0.643.